The Morgan fingerprint density at radius 1 is 1.47 bits per heavy atom. The minimum absolute atomic E-state index is 0.279. The van der Waals surface area contributed by atoms with Crippen molar-refractivity contribution in [2.75, 3.05) is 0 Å². The average Bonchev–Trinajstić information content (AvgIpc) is 2.35. The Kier molecular flexibility index (Phi) is 5.16. The lowest BCUT2D eigenvalue weighted by molar-refractivity contribution is 0.0954. The first-order valence-corrected chi connectivity index (χ1v) is 6.03. The smallest absolute Gasteiger partial charge is 0.267 e. The van der Waals surface area contributed by atoms with Gasteiger partial charge in [-0.15, -0.1) is 0 Å². The summed E-state index contributed by atoms with van der Waals surface area (Å²) in [7, 11) is 0. The second-order valence-corrected chi connectivity index (χ2v) is 4.39. The van der Waals surface area contributed by atoms with E-state index in [9.17, 15) is 4.79 Å². The second-order valence-electron chi connectivity index (χ2n) is 3.98. The van der Waals surface area contributed by atoms with Gasteiger partial charge >= 0.3 is 0 Å². The lowest BCUT2D eigenvalue weighted by Gasteiger charge is -2.08. The Hall–Kier alpha value is -1.35. The van der Waals surface area contributed by atoms with E-state index in [2.05, 4.69) is 24.4 Å². The predicted molar refractivity (Wildman–Crippen MR) is 71.5 cm³/mol. The molecule has 1 N–H and O–H groups in total. The van der Waals surface area contributed by atoms with Gasteiger partial charge < -0.3 is 0 Å². The molecule has 1 aromatic rings. The fourth-order valence-electron chi connectivity index (χ4n) is 1.25. The number of nitrogens with zero attached hydrogens (tertiary/aromatic N) is 1. The van der Waals surface area contributed by atoms with E-state index in [1.54, 1.807) is 24.3 Å². The van der Waals surface area contributed by atoms with Crippen molar-refractivity contribution in [3.63, 3.8) is 0 Å². The van der Waals surface area contributed by atoms with Crippen LogP contribution in [0.5, 0.6) is 0 Å². The van der Waals surface area contributed by atoms with Crippen LogP contribution < -0.4 is 5.43 Å². The Labute approximate surface area is 107 Å². The highest BCUT2D eigenvalue weighted by molar-refractivity contribution is 6.33. The molecule has 0 aliphatic heterocycles. The number of benzene rings is 1. The molecule has 4 heteroatoms. The molecule has 0 radical (unpaired) electrons. The summed E-state index contributed by atoms with van der Waals surface area (Å²) in [4.78, 5) is 11.8. The Balaban J connectivity index is 2.71. The maximum absolute atomic E-state index is 11.8. The summed E-state index contributed by atoms with van der Waals surface area (Å²) in [5, 5.41) is 4.50. The molecule has 0 fully saturated rings. The van der Waals surface area contributed by atoms with Crippen LogP contribution in [0.4, 0.5) is 0 Å². The average molecular weight is 253 g/mol. The van der Waals surface area contributed by atoms with Gasteiger partial charge in [0.25, 0.3) is 5.91 Å². The highest BCUT2D eigenvalue weighted by Gasteiger charge is 2.09. The van der Waals surface area contributed by atoms with Crippen LogP contribution in [0.3, 0.4) is 0 Å². The molecule has 1 rings (SSSR count). The van der Waals surface area contributed by atoms with E-state index in [0.717, 1.165) is 12.1 Å². The minimum Gasteiger partial charge on any atom is -0.267 e. The van der Waals surface area contributed by atoms with Crippen LogP contribution in [0.25, 0.3) is 0 Å². The molecule has 0 aliphatic carbocycles. The first-order chi connectivity index (χ1) is 8.06. The fraction of sp³-hybridized carbons (Fsp3) is 0.385. The van der Waals surface area contributed by atoms with Crippen molar-refractivity contribution < 1.29 is 4.79 Å². The lowest BCUT2D eigenvalue weighted by atomic mass is 10.1. The molecule has 1 amide bonds. The summed E-state index contributed by atoms with van der Waals surface area (Å²) in [5.41, 5.74) is 3.87. The van der Waals surface area contributed by atoms with Gasteiger partial charge in [0.15, 0.2) is 0 Å². The molecule has 0 heterocycles. The van der Waals surface area contributed by atoms with Crippen LogP contribution in [-0.2, 0) is 0 Å². The minimum atomic E-state index is -0.279. The molecule has 1 atom stereocenters. The number of carbonyl (C=O) groups excluding carboxylic acids is 1. The first-order valence-electron chi connectivity index (χ1n) is 5.65. The summed E-state index contributed by atoms with van der Waals surface area (Å²) in [6, 6.07) is 6.91. The highest BCUT2D eigenvalue weighted by Crippen LogP contribution is 2.14. The molecule has 0 spiro atoms. The van der Waals surface area contributed by atoms with Gasteiger partial charge in [0.2, 0.25) is 0 Å². The van der Waals surface area contributed by atoms with E-state index < -0.39 is 0 Å². The Bertz CT molecular complexity index is 429. The number of carbonyl (C=O) groups is 1. The SMILES string of the molecule is CC[C@H](C)/C(C)=N\NC(=O)c1ccccc1Cl. The standard InChI is InChI=1S/C13H17ClN2O/c1-4-9(2)10(3)15-16-13(17)11-7-5-6-8-12(11)14/h5-9H,4H2,1-3H3,(H,16,17)/b15-10-/t9-/m0/s1. The lowest BCUT2D eigenvalue weighted by Crippen LogP contribution is -2.21. The molecule has 17 heavy (non-hydrogen) atoms. The van der Waals surface area contributed by atoms with Crippen LogP contribution >= 0.6 is 11.6 Å². The molecular formula is C13H17ClN2O. The summed E-state index contributed by atoms with van der Waals surface area (Å²) in [6.45, 7) is 6.06. The van der Waals surface area contributed by atoms with Gasteiger partial charge in [-0.1, -0.05) is 37.6 Å². The van der Waals surface area contributed by atoms with Crippen molar-refractivity contribution in [3.8, 4) is 0 Å². The van der Waals surface area contributed by atoms with Gasteiger partial charge in [0, 0.05) is 5.71 Å². The van der Waals surface area contributed by atoms with Crippen LogP contribution in [0.2, 0.25) is 5.02 Å². The van der Waals surface area contributed by atoms with E-state index in [-0.39, 0.29) is 5.91 Å². The summed E-state index contributed by atoms with van der Waals surface area (Å²) < 4.78 is 0. The van der Waals surface area contributed by atoms with E-state index in [4.69, 9.17) is 11.6 Å². The quantitative estimate of drug-likeness (QED) is 0.647. The zero-order chi connectivity index (χ0) is 12.8. The molecule has 0 saturated heterocycles. The van der Waals surface area contributed by atoms with Crippen LogP contribution in [0, 0.1) is 5.92 Å². The van der Waals surface area contributed by atoms with E-state index in [1.165, 1.54) is 0 Å². The summed E-state index contributed by atoms with van der Waals surface area (Å²) in [5.74, 6) is 0.0831. The first kappa shape index (κ1) is 13.7. The van der Waals surface area contributed by atoms with Crippen LogP contribution in [0.15, 0.2) is 29.4 Å². The van der Waals surface area contributed by atoms with Gasteiger partial charge in [0.1, 0.15) is 0 Å². The van der Waals surface area contributed by atoms with Crippen molar-refractivity contribution in [2.24, 2.45) is 11.0 Å². The summed E-state index contributed by atoms with van der Waals surface area (Å²) in [6.07, 6.45) is 0.997. The third kappa shape index (κ3) is 3.86. The van der Waals surface area contributed by atoms with Crippen molar-refractivity contribution in [1.29, 1.82) is 0 Å². The number of halogens is 1. The third-order valence-corrected chi connectivity index (χ3v) is 3.11. The maximum atomic E-state index is 11.8. The van der Waals surface area contributed by atoms with E-state index in [0.29, 0.717) is 16.5 Å². The molecule has 0 bridgehead atoms. The molecule has 92 valence electrons. The number of hydrazone groups is 1. The number of hydrogen-bond donors (Lipinski definition) is 1. The van der Waals surface area contributed by atoms with Gasteiger partial charge in [-0.2, -0.15) is 5.10 Å². The van der Waals surface area contributed by atoms with Crippen molar-refractivity contribution in [2.45, 2.75) is 27.2 Å². The zero-order valence-electron chi connectivity index (χ0n) is 10.3. The van der Waals surface area contributed by atoms with Crippen molar-refractivity contribution >= 4 is 23.2 Å². The Morgan fingerprint density at radius 2 is 2.12 bits per heavy atom. The van der Waals surface area contributed by atoms with Gasteiger partial charge in [-0.25, -0.2) is 5.43 Å². The third-order valence-electron chi connectivity index (χ3n) is 2.78. The van der Waals surface area contributed by atoms with Crippen molar-refractivity contribution in [1.82, 2.24) is 5.43 Å². The molecule has 0 saturated carbocycles. The van der Waals surface area contributed by atoms with Gasteiger partial charge in [0.05, 0.1) is 10.6 Å². The molecular weight excluding hydrogens is 236 g/mol. The van der Waals surface area contributed by atoms with Gasteiger partial charge in [-0.05, 0) is 31.4 Å². The molecule has 3 nitrogen and oxygen atoms in total. The molecule has 0 aromatic heterocycles. The zero-order valence-corrected chi connectivity index (χ0v) is 11.1. The summed E-state index contributed by atoms with van der Waals surface area (Å²) >= 11 is 5.91. The maximum Gasteiger partial charge on any atom is 0.272 e. The normalized spacial score (nSPS) is 13.3. The second kappa shape index (κ2) is 6.40. The molecule has 1 aromatic carbocycles. The number of hydrogen-bond acceptors (Lipinski definition) is 2. The van der Waals surface area contributed by atoms with E-state index in [1.807, 2.05) is 6.92 Å². The topological polar surface area (TPSA) is 41.5 Å². The highest BCUT2D eigenvalue weighted by atomic mass is 35.5. The predicted octanol–water partition coefficient (Wildman–Crippen LogP) is 3.49. The number of rotatable bonds is 4. The molecule has 0 unspecified atom stereocenters. The largest absolute Gasteiger partial charge is 0.272 e. The Morgan fingerprint density at radius 3 is 2.71 bits per heavy atom. The van der Waals surface area contributed by atoms with Crippen LogP contribution in [0.1, 0.15) is 37.6 Å². The number of amides is 1. The number of nitrogens with one attached hydrogen (secondary N) is 1. The fourth-order valence-corrected chi connectivity index (χ4v) is 1.47. The van der Waals surface area contributed by atoms with Gasteiger partial charge in [-0.3, -0.25) is 4.79 Å². The monoisotopic (exact) mass is 252 g/mol. The van der Waals surface area contributed by atoms with Crippen molar-refractivity contribution in [3.05, 3.63) is 34.9 Å². The molecule has 0 aliphatic rings. The van der Waals surface area contributed by atoms with Crippen LogP contribution in [-0.4, -0.2) is 11.6 Å². The van der Waals surface area contributed by atoms with E-state index >= 15 is 0 Å².